The highest BCUT2D eigenvalue weighted by molar-refractivity contribution is 5.53. The maximum Gasteiger partial charge on any atom is 0.138 e. The Kier molecular flexibility index (Phi) is 5.02. The van der Waals surface area contributed by atoms with Gasteiger partial charge in [0.2, 0.25) is 0 Å². The zero-order valence-electron chi connectivity index (χ0n) is 17.6. The number of rotatable bonds is 4. The summed E-state index contributed by atoms with van der Waals surface area (Å²) < 4.78 is 2.30. The smallest absolute Gasteiger partial charge is 0.138 e. The zero-order valence-corrected chi connectivity index (χ0v) is 17.6. The Bertz CT molecular complexity index is 988. The first-order chi connectivity index (χ1) is 14.2. The van der Waals surface area contributed by atoms with Gasteiger partial charge in [-0.2, -0.15) is 0 Å². The number of pyridine rings is 1. The van der Waals surface area contributed by atoms with E-state index in [4.69, 9.17) is 4.98 Å². The number of benzene rings is 1. The monoisotopic (exact) mass is 389 g/mol. The topological polar surface area (TPSA) is 27.0 Å². The highest BCUT2D eigenvalue weighted by atomic mass is 15.3. The highest BCUT2D eigenvalue weighted by Gasteiger charge is 2.28. The minimum atomic E-state index is 0.333. The van der Waals surface area contributed by atoms with Gasteiger partial charge in [0.15, 0.2) is 0 Å². The van der Waals surface area contributed by atoms with Crippen LogP contribution in [0.4, 0.5) is 5.82 Å². The average Bonchev–Trinajstić information content (AvgIpc) is 3.39. The van der Waals surface area contributed by atoms with Crippen molar-refractivity contribution in [2.75, 3.05) is 44.7 Å². The van der Waals surface area contributed by atoms with Crippen molar-refractivity contribution in [1.82, 2.24) is 19.2 Å². The van der Waals surface area contributed by atoms with Crippen LogP contribution in [0, 0.1) is 6.92 Å². The summed E-state index contributed by atoms with van der Waals surface area (Å²) in [6, 6.07) is 15.7. The summed E-state index contributed by atoms with van der Waals surface area (Å²) in [6.07, 6.45) is 4.86. The molecule has 2 aromatic heterocycles. The fourth-order valence-electron chi connectivity index (χ4n) is 4.84. The first kappa shape index (κ1) is 18.6. The van der Waals surface area contributed by atoms with Crippen molar-refractivity contribution >= 4 is 11.5 Å². The molecule has 2 fully saturated rings. The highest BCUT2D eigenvalue weighted by Crippen LogP contribution is 2.28. The Balaban J connectivity index is 1.40. The lowest BCUT2D eigenvalue weighted by Gasteiger charge is -2.38. The van der Waals surface area contributed by atoms with E-state index in [1.165, 1.54) is 35.5 Å². The van der Waals surface area contributed by atoms with E-state index in [2.05, 4.69) is 81.7 Å². The van der Waals surface area contributed by atoms with Crippen molar-refractivity contribution in [1.29, 1.82) is 0 Å². The number of aryl methyl sites for hydroxylation is 1. The summed E-state index contributed by atoms with van der Waals surface area (Å²) in [6.45, 7) is 8.69. The maximum atomic E-state index is 5.04. The van der Waals surface area contributed by atoms with Crippen LogP contribution in [0.3, 0.4) is 0 Å². The van der Waals surface area contributed by atoms with Crippen molar-refractivity contribution in [3.8, 4) is 0 Å². The summed E-state index contributed by atoms with van der Waals surface area (Å²) in [7, 11) is 2.24. The third-order valence-corrected chi connectivity index (χ3v) is 6.48. The van der Waals surface area contributed by atoms with Gasteiger partial charge in [-0.15, -0.1) is 0 Å². The second-order valence-electron chi connectivity index (χ2n) is 8.69. The molecule has 29 heavy (non-hydrogen) atoms. The number of likely N-dealkylation sites (N-methyl/N-ethyl adjacent to an activating group) is 1. The normalized spacial score (nSPS) is 21.3. The van der Waals surface area contributed by atoms with Gasteiger partial charge >= 0.3 is 0 Å². The van der Waals surface area contributed by atoms with Crippen LogP contribution in [0.1, 0.15) is 35.7 Å². The molecule has 5 heteroatoms. The lowest BCUT2D eigenvalue weighted by Crippen LogP contribution is -2.46. The molecule has 2 aliphatic heterocycles. The van der Waals surface area contributed by atoms with Crippen molar-refractivity contribution in [3.05, 3.63) is 65.5 Å². The largest absolute Gasteiger partial charge is 0.358 e. The summed E-state index contributed by atoms with van der Waals surface area (Å²) in [5, 5.41) is 0. The summed E-state index contributed by atoms with van der Waals surface area (Å²) in [5.41, 5.74) is 4.99. The molecular weight excluding hydrogens is 358 g/mol. The van der Waals surface area contributed by atoms with E-state index >= 15 is 0 Å². The predicted octanol–water partition coefficient (Wildman–Crippen LogP) is 3.73. The van der Waals surface area contributed by atoms with Crippen LogP contribution in [0.15, 0.2) is 48.7 Å². The fourth-order valence-corrected chi connectivity index (χ4v) is 4.84. The third-order valence-electron chi connectivity index (χ3n) is 6.48. The van der Waals surface area contributed by atoms with E-state index in [1.807, 2.05) is 0 Å². The molecule has 5 nitrogen and oxygen atoms in total. The molecule has 2 aliphatic rings. The minimum absolute atomic E-state index is 0.333. The molecule has 0 N–H and O–H groups in total. The Labute approximate surface area is 173 Å². The second kappa shape index (κ2) is 7.81. The molecule has 152 valence electrons. The van der Waals surface area contributed by atoms with E-state index in [-0.39, 0.29) is 0 Å². The van der Waals surface area contributed by atoms with E-state index in [1.54, 1.807) is 0 Å². The van der Waals surface area contributed by atoms with Gasteiger partial charge < -0.3 is 4.90 Å². The van der Waals surface area contributed by atoms with Crippen molar-refractivity contribution in [2.24, 2.45) is 0 Å². The van der Waals surface area contributed by atoms with Gasteiger partial charge in [0, 0.05) is 45.5 Å². The third kappa shape index (κ3) is 3.77. The minimum Gasteiger partial charge on any atom is -0.358 e. The molecule has 5 rings (SSSR count). The molecule has 4 heterocycles. The first-order valence-electron chi connectivity index (χ1n) is 10.9. The molecule has 1 aromatic carbocycles. The number of imidazole rings is 1. The zero-order chi connectivity index (χ0) is 19.8. The Morgan fingerprint density at radius 3 is 2.66 bits per heavy atom. The number of aromatic nitrogens is 2. The van der Waals surface area contributed by atoms with Gasteiger partial charge in [0.25, 0.3) is 0 Å². The van der Waals surface area contributed by atoms with Gasteiger partial charge in [-0.05, 0) is 44.5 Å². The molecule has 2 saturated heterocycles. The number of hydrogen-bond donors (Lipinski definition) is 0. The van der Waals surface area contributed by atoms with Gasteiger partial charge in [0.05, 0.1) is 11.7 Å². The average molecular weight is 390 g/mol. The van der Waals surface area contributed by atoms with E-state index in [0.29, 0.717) is 6.04 Å². The summed E-state index contributed by atoms with van der Waals surface area (Å²) in [4.78, 5) is 12.6. The molecule has 3 aromatic rings. The van der Waals surface area contributed by atoms with Gasteiger partial charge in [0.1, 0.15) is 11.5 Å². The Morgan fingerprint density at radius 2 is 1.83 bits per heavy atom. The summed E-state index contributed by atoms with van der Waals surface area (Å²) in [5.74, 6) is 1.29. The summed E-state index contributed by atoms with van der Waals surface area (Å²) >= 11 is 0. The molecule has 0 saturated carbocycles. The molecule has 1 atom stereocenters. The Morgan fingerprint density at radius 1 is 1.00 bits per heavy atom. The molecule has 0 bridgehead atoms. The van der Waals surface area contributed by atoms with Crippen LogP contribution in [0.2, 0.25) is 0 Å². The SMILES string of the molecule is Cc1cccc(CN2CCN(C)[C@H](c3cn4c(N5CCCC5)cccc4n3)C2)c1. The van der Waals surface area contributed by atoms with Gasteiger partial charge in [-0.1, -0.05) is 35.9 Å². The first-order valence-corrected chi connectivity index (χ1v) is 10.9. The van der Waals surface area contributed by atoms with Crippen LogP contribution in [0.25, 0.3) is 5.65 Å². The number of piperazine rings is 1. The number of fused-ring (bicyclic) bond motifs is 1. The van der Waals surface area contributed by atoms with Crippen molar-refractivity contribution in [3.63, 3.8) is 0 Å². The predicted molar refractivity (Wildman–Crippen MR) is 118 cm³/mol. The Hall–Kier alpha value is -2.37. The number of nitrogens with zero attached hydrogens (tertiary/aromatic N) is 5. The molecular formula is C24H31N5. The van der Waals surface area contributed by atoms with Crippen LogP contribution in [0.5, 0.6) is 0 Å². The maximum absolute atomic E-state index is 5.04. The molecule has 0 unspecified atom stereocenters. The van der Waals surface area contributed by atoms with Gasteiger partial charge in [-0.25, -0.2) is 4.98 Å². The quantitative estimate of drug-likeness (QED) is 0.679. The molecule has 0 radical (unpaired) electrons. The van der Waals surface area contributed by atoms with Crippen LogP contribution < -0.4 is 4.90 Å². The van der Waals surface area contributed by atoms with E-state index in [9.17, 15) is 0 Å². The standard InChI is InChI=1S/C24H31N5/c1-19-7-5-8-20(15-19)16-27-14-13-26(2)22(18-27)21-17-29-23(25-21)9-6-10-24(29)28-11-3-4-12-28/h5-10,15,17,22H,3-4,11-14,16,18H2,1-2H3/t22-/m0/s1. The molecule has 0 amide bonds. The fraction of sp³-hybridized carbons (Fsp3) is 0.458. The lowest BCUT2D eigenvalue weighted by molar-refractivity contribution is 0.0885. The van der Waals surface area contributed by atoms with Crippen LogP contribution in [-0.2, 0) is 6.54 Å². The van der Waals surface area contributed by atoms with E-state index in [0.717, 1.165) is 44.9 Å². The molecule has 0 spiro atoms. The van der Waals surface area contributed by atoms with Crippen molar-refractivity contribution < 1.29 is 0 Å². The number of anilines is 1. The number of hydrogen-bond acceptors (Lipinski definition) is 4. The van der Waals surface area contributed by atoms with Gasteiger partial charge in [-0.3, -0.25) is 14.2 Å². The van der Waals surface area contributed by atoms with Crippen molar-refractivity contribution in [2.45, 2.75) is 32.4 Å². The molecule has 0 aliphatic carbocycles. The van der Waals surface area contributed by atoms with Crippen LogP contribution in [-0.4, -0.2) is 59.0 Å². The lowest BCUT2D eigenvalue weighted by atomic mass is 10.1. The van der Waals surface area contributed by atoms with E-state index < -0.39 is 0 Å². The second-order valence-corrected chi connectivity index (χ2v) is 8.69. The van der Waals surface area contributed by atoms with Crippen LogP contribution >= 0.6 is 0 Å².